The molecule has 0 bridgehead atoms. The van der Waals surface area contributed by atoms with Crippen molar-refractivity contribution in [3.05, 3.63) is 42.0 Å². The first-order valence-electron chi connectivity index (χ1n) is 6.10. The van der Waals surface area contributed by atoms with Gasteiger partial charge in [-0.25, -0.2) is 8.78 Å². The largest absolute Gasteiger partial charge is 0.481 e. The lowest BCUT2D eigenvalue weighted by molar-refractivity contribution is 0.243. The summed E-state index contributed by atoms with van der Waals surface area (Å²) in [4.78, 5) is 0. The highest BCUT2D eigenvalue weighted by Crippen LogP contribution is 2.25. The van der Waals surface area contributed by atoms with Gasteiger partial charge in [-0.3, -0.25) is 0 Å². The molecule has 1 unspecified atom stereocenters. The lowest BCUT2D eigenvalue weighted by Crippen LogP contribution is -2.16. The monoisotopic (exact) mass is 253 g/mol. The molecule has 0 aliphatic heterocycles. The Morgan fingerprint density at radius 1 is 1.44 bits per heavy atom. The molecule has 0 amide bonds. The van der Waals surface area contributed by atoms with Crippen LogP contribution in [-0.2, 0) is 6.54 Å². The van der Waals surface area contributed by atoms with Crippen LogP contribution in [0.5, 0.6) is 5.75 Å². The molecule has 1 aliphatic carbocycles. The zero-order chi connectivity index (χ0) is 13.1. The average Bonchev–Trinajstić information content (AvgIpc) is 3.15. The van der Waals surface area contributed by atoms with E-state index < -0.39 is 17.7 Å². The van der Waals surface area contributed by atoms with Crippen LogP contribution in [-0.4, -0.2) is 12.1 Å². The summed E-state index contributed by atoms with van der Waals surface area (Å²) in [7, 11) is 0. The van der Waals surface area contributed by atoms with Gasteiger partial charge in [0.25, 0.3) is 0 Å². The number of halogens is 2. The van der Waals surface area contributed by atoms with E-state index in [4.69, 9.17) is 4.74 Å². The van der Waals surface area contributed by atoms with E-state index in [1.54, 1.807) is 6.92 Å². The topological polar surface area (TPSA) is 21.3 Å². The second kappa shape index (κ2) is 5.48. The second-order valence-corrected chi connectivity index (χ2v) is 4.60. The van der Waals surface area contributed by atoms with Gasteiger partial charge in [-0.15, -0.1) is 0 Å². The second-order valence-electron chi connectivity index (χ2n) is 4.60. The molecule has 1 aliphatic rings. The van der Waals surface area contributed by atoms with Crippen LogP contribution in [0.15, 0.2) is 24.8 Å². The zero-order valence-corrected chi connectivity index (χ0v) is 10.4. The smallest absolute Gasteiger partial charge is 0.191 e. The maximum absolute atomic E-state index is 13.7. The summed E-state index contributed by atoms with van der Waals surface area (Å²) in [6.07, 6.45) is 3.34. The zero-order valence-electron chi connectivity index (χ0n) is 10.4. The fourth-order valence-electron chi connectivity index (χ4n) is 1.61. The van der Waals surface area contributed by atoms with E-state index in [0.717, 1.165) is 12.8 Å². The van der Waals surface area contributed by atoms with Crippen LogP contribution >= 0.6 is 0 Å². The van der Waals surface area contributed by atoms with Gasteiger partial charge in [-0.1, -0.05) is 12.7 Å². The lowest BCUT2D eigenvalue weighted by Gasteiger charge is -2.13. The Balaban J connectivity index is 2.08. The molecule has 0 heterocycles. The molecule has 18 heavy (non-hydrogen) atoms. The molecule has 2 nitrogen and oxygen atoms in total. The van der Waals surface area contributed by atoms with Crippen LogP contribution in [0.2, 0.25) is 0 Å². The Morgan fingerprint density at radius 2 is 2.06 bits per heavy atom. The molecule has 1 saturated carbocycles. The SMILES string of the molecule is C=CC(C)Oc1c(F)cc(CNC2CC2)cc1F. The minimum atomic E-state index is -0.670. The number of benzene rings is 1. The summed E-state index contributed by atoms with van der Waals surface area (Å²) in [6.45, 7) is 5.67. The highest BCUT2D eigenvalue weighted by atomic mass is 19.1. The number of nitrogens with one attached hydrogen (secondary N) is 1. The van der Waals surface area contributed by atoms with Gasteiger partial charge in [-0.05, 0) is 37.5 Å². The third-order valence-corrected chi connectivity index (χ3v) is 2.87. The van der Waals surface area contributed by atoms with E-state index in [0.29, 0.717) is 18.2 Å². The normalized spacial score (nSPS) is 16.4. The molecule has 0 spiro atoms. The molecular weight excluding hydrogens is 236 g/mol. The van der Waals surface area contributed by atoms with Crippen LogP contribution in [0.25, 0.3) is 0 Å². The molecule has 1 N–H and O–H groups in total. The Bertz CT molecular complexity index is 420. The maximum Gasteiger partial charge on any atom is 0.191 e. The van der Waals surface area contributed by atoms with E-state index in [2.05, 4.69) is 11.9 Å². The summed E-state index contributed by atoms with van der Waals surface area (Å²) in [5.74, 6) is -1.68. The maximum atomic E-state index is 13.7. The minimum Gasteiger partial charge on any atom is -0.481 e. The molecule has 1 aromatic carbocycles. The summed E-state index contributed by atoms with van der Waals surface area (Å²) in [5.41, 5.74) is 0.593. The molecule has 0 radical (unpaired) electrons. The number of hydrogen-bond donors (Lipinski definition) is 1. The highest BCUT2D eigenvalue weighted by molar-refractivity contribution is 5.31. The first-order chi connectivity index (χ1) is 8.60. The third-order valence-electron chi connectivity index (χ3n) is 2.87. The molecule has 0 saturated heterocycles. The van der Waals surface area contributed by atoms with Gasteiger partial charge in [0.05, 0.1) is 0 Å². The Morgan fingerprint density at radius 3 is 2.56 bits per heavy atom. The lowest BCUT2D eigenvalue weighted by atomic mass is 10.2. The molecule has 98 valence electrons. The average molecular weight is 253 g/mol. The van der Waals surface area contributed by atoms with Crippen molar-refractivity contribution < 1.29 is 13.5 Å². The summed E-state index contributed by atoms with van der Waals surface area (Å²) in [5, 5.41) is 3.21. The van der Waals surface area contributed by atoms with Crippen molar-refractivity contribution in [3.63, 3.8) is 0 Å². The Hall–Kier alpha value is -1.42. The van der Waals surface area contributed by atoms with Gasteiger partial charge in [0, 0.05) is 12.6 Å². The van der Waals surface area contributed by atoms with Crippen molar-refractivity contribution in [2.45, 2.75) is 38.5 Å². The van der Waals surface area contributed by atoms with Crippen LogP contribution in [0.1, 0.15) is 25.3 Å². The van der Waals surface area contributed by atoms with E-state index in [1.165, 1.54) is 18.2 Å². The number of hydrogen-bond acceptors (Lipinski definition) is 2. The summed E-state index contributed by atoms with van der Waals surface area (Å²) < 4.78 is 32.6. The Labute approximate surface area is 106 Å². The van der Waals surface area contributed by atoms with Crippen molar-refractivity contribution in [2.75, 3.05) is 0 Å². The molecule has 2 rings (SSSR count). The van der Waals surface area contributed by atoms with Crippen molar-refractivity contribution in [1.29, 1.82) is 0 Å². The fourth-order valence-corrected chi connectivity index (χ4v) is 1.61. The molecule has 1 fully saturated rings. The predicted octanol–water partition coefficient (Wildman–Crippen LogP) is 3.17. The van der Waals surface area contributed by atoms with Crippen molar-refractivity contribution in [3.8, 4) is 5.75 Å². The number of ether oxygens (including phenoxy) is 1. The summed E-state index contributed by atoms with van der Waals surface area (Å²) >= 11 is 0. The molecular formula is C14H17F2NO. The molecule has 0 aromatic heterocycles. The van der Waals surface area contributed by atoms with Crippen LogP contribution < -0.4 is 10.1 Å². The molecule has 4 heteroatoms. The minimum absolute atomic E-state index is 0.336. The van der Waals surface area contributed by atoms with Crippen molar-refractivity contribution in [1.82, 2.24) is 5.32 Å². The van der Waals surface area contributed by atoms with E-state index in [1.807, 2.05) is 0 Å². The van der Waals surface area contributed by atoms with Gasteiger partial charge in [0.2, 0.25) is 0 Å². The number of rotatable bonds is 6. The molecule has 1 aromatic rings. The highest BCUT2D eigenvalue weighted by Gasteiger charge is 2.21. The third kappa shape index (κ3) is 3.29. The quantitative estimate of drug-likeness (QED) is 0.786. The van der Waals surface area contributed by atoms with Crippen LogP contribution in [0, 0.1) is 11.6 Å². The van der Waals surface area contributed by atoms with Crippen LogP contribution in [0.4, 0.5) is 8.78 Å². The van der Waals surface area contributed by atoms with Gasteiger partial charge in [0.1, 0.15) is 6.10 Å². The first kappa shape index (κ1) is 13.0. The predicted molar refractivity (Wildman–Crippen MR) is 66.5 cm³/mol. The van der Waals surface area contributed by atoms with Gasteiger partial charge >= 0.3 is 0 Å². The van der Waals surface area contributed by atoms with E-state index >= 15 is 0 Å². The molecule has 1 atom stereocenters. The van der Waals surface area contributed by atoms with Gasteiger partial charge in [0.15, 0.2) is 17.4 Å². The fraction of sp³-hybridized carbons (Fsp3) is 0.429. The van der Waals surface area contributed by atoms with Gasteiger partial charge in [-0.2, -0.15) is 0 Å². The van der Waals surface area contributed by atoms with Gasteiger partial charge < -0.3 is 10.1 Å². The standard InChI is InChI=1S/C14H17F2NO/c1-3-9(2)18-14-12(15)6-10(7-13(14)16)8-17-11-4-5-11/h3,6-7,9,11,17H,1,4-5,8H2,2H3. The van der Waals surface area contributed by atoms with Crippen molar-refractivity contribution >= 4 is 0 Å². The Kier molecular flexibility index (Phi) is 3.97. The van der Waals surface area contributed by atoms with Crippen LogP contribution in [0.3, 0.4) is 0 Å². The summed E-state index contributed by atoms with van der Waals surface area (Å²) in [6, 6.07) is 3.13. The van der Waals surface area contributed by atoms with E-state index in [9.17, 15) is 8.78 Å². The first-order valence-corrected chi connectivity index (χ1v) is 6.10. The van der Waals surface area contributed by atoms with Crippen molar-refractivity contribution in [2.24, 2.45) is 0 Å². The van der Waals surface area contributed by atoms with E-state index in [-0.39, 0.29) is 5.75 Å².